The topological polar surface area (TPSA) is 102 Å². The number of aliphatic hydroxyl groups is 1. The number of carbonyl (C=O) groups excluding carboxylic acids is 2. The summed E-state index contributed by atoms with van der Waals surface area (Å²) >= 11 is 0. The number of Topliss-reactive ketones (excluding diaryl/α,β-unsaturated/α-hetero) is 1. The molecule has 1 aliphatic heterocycles. The number of nitrogens with zero attached hydrogens (tertiary/aromatic N) is 2. The van der Waals surface area contributed by atoms with Crippen molar-refractivity contribution in [2.24, 2.45) is 0 Å². The Hall–Kier alpha value is -4.07. The van der Waals surface area contributed by atoms with Gasteiger partial charge in [-0.3, -0.25) is 14.5 Å². The zero-order valence-corrected chi connectivity index (χ0v) is 20.6. The number of carbonyl (C=O) groups is 2. The van der Waals surface area contributed by atoms with Gasteiger partial charge in [0.2, 0.25) is 0 Å². The van der Waals surface area contributed by atoms with E-state index in [1.165, 1.54) is 19.1 Å². The molecule has 3 aromatic rings. The zero-order chi connectivity index (χ0) is 25.5. The molecule has 0 aliphatic carbocycles. The standard InChI is InChI=1S/C27H28N2O6/c1-15-13-21(28-35-15)29-23(16-7-10-18(11-8-16)27(2,3)4)22(25(31)26(29)32)24(30)17-9-12-19(33-5)20(14-17)34-6/h7-14,23,30H,1-6H3/t23-/m0/s1. The van der Waals surface area contributed by atoms with Crippen LogP contribution in [0.2, 0.25) is 0 Å². The van der Waals surface area contributed by atoms with Crippen LogP contribution >= 0.6 is 0 Å². The van der Waals surface area contributed by atoms with Gasteiger partial charge in [-0.1, -0.05) is 50.2 Å². The number of hydrogen-bond acceptors (Lipinski definition) is 7. The van der Waals surface area contributed by atoms with E-state index < -0.39 is 17.7 Å². The third-order valence-electron chi connectivity index (χ3n) is 6.06. The van der Waals surface area contributed by atoms with Gasteiger partial charge in [-0.2, -0.15) is 0 Å². The molecular weight excluding hydrogens is 448 g/mol. The lowest BCUT2D eigenvalue weighted by Crippen LogP contribution is -2.29. The number of aryl methyl sites for hydroxylation is 1. The molecule has 2 heterocycles. The molecule has 1 saturated heterocycles. The first-order valence-corrected chi connectivity index (χ1v) is 11.1. The van der Waals surface area contributed by atoms with Crippen LogP contribution in [0.25, 0.3) is 5.76 Å². The Morgan fingerprint density at radius 3 is 2.20 bits per heavy atom. The zero-order valence-electron chi connectivity index (χ0n) is 20.6. The summed E-state index contributed by atoms with van der Waals surface area (Å²) in [7, 11) is 2.98. The van der Waals surface area contributed by atoms with Crippen molar-refractivity contribution in [3.63, 3.8) is 0 Å². The second-order valence-corrected chi connectivity index (χ2v) is 9.41. The highest BCUT2D eigenvalue weighted by Crippen LogP contribution is 2.43. The lowest BCUT2D eigenvalue weighted by atomic mass is 9.85. The largest absolute Gasteiger partial charge is 0.507 e. The number of aliphatic hydroxyl groups excluding tert-OH is 1. The number of amides is 1. The lowest BCUT2D eigenvalue weighted by molar-refractivity contribution is -0.132. The molecule has 1 aliphatic rings. The van der Waals surface area contributed by atoms with Crippen LogP contribution in [-0.2, 0) is 15.0 Å². The average molecular weight is 477 g/mol. The summed E-state index contributed by atoms with van der Waals surface area (Å²) in [5.41, 5.74) is 1.93. The molecule has 4 rings (SSSR count). The second kappa shape index (κ2) is 8.94. The summed E-state index contributed by atoms with van der Waals surface area (Å²) in [5, 5.41) is 15.3. The van der Waals surface area contributed by atoms with Crippen molar-refractivity contribution < 1.29 is 28.7 Å². The third kappa shape index (κ3) is 4.27. The van der Waals surface area contributed by atoms with Gasteiger partial charge in [0.05, 0.1) is 25.8 Å². The highest BCUT2D eigenvalue weighted by atomic mass is 16.5. The van der Waals surface area contributed by atoms with Crippen molar-refractivity contribution in [1.82, 2.24) is 5.16 Å². The van der Waals surface area contributed by atoms with Crippen LogP contribution in [0, 0.1) is 6.92 Å². The van der Waals surface area contributed by atoms with E-state index in [0.717, 1.165) is 5.56 Å². The molecule has 182 valence electrons. The highest BCUT2D eigenvalue weighted by molar-refractivity contribution is 6.51. The van der Waals surface area contributed by atoms with Gasteiger partial charge in [0.15, 0.2) is 17.3 Å². The predicted octanol–water partition coefficient (Wildman–Crippen LogP) is 4.92. The number of ketones is 1. The first-order valence-electron chi connectivity index (χ1n) is 11.1. The number of anilines is 1. The fourth-order valence-electron chi connectivity index (χ4n) is 4.16. The lowest BCUT2D eigenvalue weighted by Gasteiger charge is -2.24. The Labute approximate surface area is 203 Å². The predicted molar refractivity (Wildman–Crippen MR) is 131 cm³/mol. The smallest absolute Gasteiger partial charge is 0.301 e. The average Bonchev–Trinajstić information content (AvgIpc) is 3.38. The van der Waals surface area contributed by atoms with Gasteiger partial charge >= 0.3 is 5.91 Å². The first kappa shape index (κ1) is 24.1. The molecule has 0 spiro atoms. The Bertz CT molecular complexity index is 1310. The molecule has 0 bridgehead atoms. The summed E-state index contributed by atoms with van der Waals surface area (Å²) in [4.78, 5) is 27.7. The van der Waals surface area contributed by atoms with E-state index in [4.69, 9.17) is 14.0 Å². The van der Waals surface area contributed by atoms with Crippen LogP contribution in [0.5, 0.6) is 11.5 Å². The summed E-state index contributed by atoms with van der Waals surface area (Å²) in [6.07, 6.45) is 0. The normalized spacial score (nSPS) is 17.7. The summed E-state index contributed by atoms with van der Waals surface area (Å²) in [6, 6.07) is 13.1. The Kier molecular flexibility index (Phi) is 6.15. The third-order valence-corrected chi connectivity index (χ3v) is 6.06. The van der Waals surface area contributed by atoms with Crippen LogP contribution in [-0.4, -0.2) is 36.2 Å². The molecule has 1 fully saturated rings. The van der Waals surface area contributed by atoms with Gasteiger partial charge in [0.25, 0.3) is 5.78 Å². The maximum absolute atomic E-state index is 13.3. The Morgan fingerprint density at radius 1 is 1.00 bits per heavy atom. The molecular formula is C27H28N2O6. The van der Waals surface area contributed by atoms with Gasteiger partial charge in [0, 0.05) is 11.6 Å². The van der Waals surface area contributed by atoms with Crippen molar-refractivity contribution in [1.29, 1.82) is 0 Å². The van der Waals surface area contributed by atoms with Crippen LogP contribution < -0.4 is 14.4 Å². The van der Waals surface area contributed by atoms with E-state index in [9.17, 15) is 14.7 Å². The SMILES string of the molecule is COc1ccc(C(O)=C2C(=O)C(=O)N(c3cc(C)on3)[C@H]2c2ccc(C(C)(C)C)cc2)cc1OC. The Balaban J connectivity index is 1.92. The van der Waals surface area contributed by atoms with E-state index in [-0.39, 0.29) is 22.6 Å². The first-order chi connectivity index (χ1) is 16.6. The molecule has 0 unspecified atom stereocenters. The molecule has 1 atom stereocenters. The molecule has 35 heavy (non-hydrogen) atoms. The van der Waals surface area contributed by atoms with Crippen LogP contribution in [0.4, 0.5) is 5.82 Å². The molecule has 1 aromatic heterocycles. The molecule has 2 aromatic carbocycles. The van der Waals surface area contributed by atoms with Crippen LogP contribution in [0.1, 0.15) is 49.3 Å². The van der Waals surface area contributed by atoms with Gasteiger partial charge in [-0.05, 0) is 41.7 Å². The maximum atomic E-state index is 13.3. The van der Waals surface area contributed by atoms with E-state index in [2.05, 4.69) is 25.9 Å². The van der Waals surface area contributed by atoms with Crippen molar-refractivity contribution in [2.75, 3.05) is 19.1 Å². The number of methoxy groups -OCH3 is 2. The van der Waals surface area contributed by atoms with Crippen LogP contribution in [0.3, 0.4) is 0 Å². The molecule has 1 amide bonds. The monoisotopic (exact) mass is 476 g/mol. The molecule has 0 saturated carbocycles. The highest BCUT2D eigenvalue weighted by Gasteiger charge is 2.48. The maximum Gasteiger partial charge on any atom is 0.301 e. The number of rotatable bonds is 5. The van der Waals surface area contributed by atoms with Gasteiger partial charge in [-0.15, -0.1) is 0 Å². The van der Waals surface area contributed by atoms with E-state index >= 15 is 0 Å². The fourth-order valence-corrected chi connectivity index (χ4v) is 4.16. The minimum Gasteiger partial charge on any atom is -0.507 e. The number of aromatic nitrogens is 1. The van der Waals surface area contributed by atoms with E-state index in [1.54, 1.807) is 31.2 Å². The van der Waals surface area contributed by atoms with Crippen molar-refractivity contribution in [3.05, 3.63) is 76.6 Å². The van der Waals surface area contributed by atoms with Crippen LogP contribution in [0.15, 0.2) is 58.6 Å². The second-order valence-electron chi connectivity index (χ2n) is 9.41. The summed E-state index contributed by atoms with van der Waals surface area (Å²) in [5.74, 6) is -0.407. The van der Waals surface area contributed by atoms with E-state index in [0.29, 0.717) is 28.4 Å². The van der Waals surface area contributed by atoms with Gasteiger partial charge in [0.1, 0.15) is 11.5 Å². The molecule has 0 radical (unpaired) electrons. The van der Waals surface area contributed by atoms with Crippen molar-refractivity contribution >= 4 is 23.3 Å². The summed E-state index contributed by atoms with van der Waals surface area (Å²) < 4.78 is 15.8. The number of hydrogen-bond donors (Lipinski definition) is 1. The minimum absolute atomic E-state index is 0.0496. The number of benzene rings is 2. The van der Waals surface area contributed by atoms with Gasteiger partial charge in [-0.25, -0.2) is 0 Å². The molecule has 8 heteroatoms. The number of ether oxygens (including phenoxy) is 2. The van der Waals surface area contributed by atoms with Crippen molar-refractivity contribution in [3.8, 4) is 11.5 Å². The van der Waals surface area contributed by atoms with Crippen molar-refractivity contribution in [2.45, 2.75) is 39.2 Å². The minimum atomic E-state index is -0.901. The van der Waals surface area contributed by atoms with Gasteiger partial charge < -0.3 is 19.1 Å². The molecule has 1 N–H and O–H groups in total. The quantitative estimate of drug-likeness (QED) is 0.317. The Morgan fingerprint density at radius 2 is 1.66 bits per heavy atom. The van der Waals surface area contributed by atoms with E-state index in [1.807, 2.05) is 24.3 Å². The summed E-state index contributed by atoms with van der Waals surface area (Å²) in [6.45, 7) is 8.00. The fraction of sp³-hybridized carbons (Fsp3) is 0.296. The molecule has 8 nitrogen and oxygen atoms in total.